The van der Waals surface area contributed by atoms with E-state index < -0.39 is 0 Å². The molecule has 0 saturated carbocycles. The number of aromatic nitrogens is 5. The Hall–Kier alpha value is -3.39. The average Bonchev–Trinajstić information content (AvgIpc) is 3.35. The second kappa shape index (κ2) is 6.85. The molecule has 0 atom stereocenters. The Labute approximate surface area is 153 Å². The van der Waals surface area contributed by atoms with Crippen LogP contribution in [0.25, 0.3) is 5.69 Å². The van der Waals surface area contributed by atoms with Gasteiger partial charge >= 0.3 is 0 Å². The van der Waals surface area contributed by atoms with Crippen molar-refractivity contribution in [3.63, 3.8) is 0 Å². The maximum Gasteiger partial charge on any atom is 0.264 e. The first-order chi connectivity index (χ1) is 12.7. The minimum Gasteiger partial charge on any atom is -0.268 e. The Kier molecular flexibility index (Phi) is 4.24. The van der Waals surface area contributed by atoms with Gasteiger partial charge in [-0.15, -0.1) is 16.4 Å². The van der Waals surface area contributed by atoms with Crippen molar-refractivity contribution in [3.05, 3.63) is 77.6 Å². The minimum atomic E-state index is -0.166. The fourth-order valence-corrected chi connectivity index (χ4v) is 3.35. The van der Waals surface area contributed by atoms with Gasteiger partial charge in [-0.2, -0.15) is 0 Å². The number of nitrogens with zero attached hydrogens (tertiary/aromatic N) is 6. The predicted octanol–water partition coefficient (Wildman–Crippen LogP) is 3.41. The van der Waals surface area contributed by atoms with E-state index in [1.54, 1.807) is 23.1 Å². The molecule has 1 amide bonds. The lowest BCUT2D eigenvalue weighted by Gasteiger charge is -2.20. The topological polar surface area (TPSA) is 76.8 Å². The summed E-state index contributed by atoms with van der Waals surface area (Å²) in [6.07, 6.45) is 1.49. The summed E-state index contributed by atoms with van der Waals surface area (Å²) in [5.41, 5.74) is 2.87. The number of hydrogen-bond donors (Lipinski definition) is 0. The van der Waals surface area contributed by atoms with Gasteiger partial charge in [-0.05, 0) is 47.7 Å². The van der Waals surface area contributed by atoms with E-state index in [4.69, 9.17) is 0 Å². The number of carbonyl (C=O) groups excluding carboxylic acids is 1. The summed E-state index contributed by atoms with van der Waals surface area (Å²) in [4.78, 5) is 19.4. The molecule has 7 nitrogen and oxygen atoms in total. The SMILES string of the molecule is Cc1csc(N(C(=O)c2cccc(-n3cnnn3)c2)c2ccccc2)n1. The van der Waals surface area contributed by atoms with Gasteiger partial charge in [0.2, 0.25) is 0 Å². The summed E-state index contributed by atoms with van der Waals surface area (Å²) >= 11 is 1.43. The monoisotopic (exact) mass is 362 g/mol. The van der Waals surface area contributed by atoms with Crippen molar-refractivity contribution in [2.24, 2.45) is 0 Å². The number of amides is 1. The van der Waals surface area contributed by atoms with Crippen LogP contribution in [0.5, 0.6) is 0 Å². The zero-order valence-corrected chi connectivity index (χ0v) is 14.7. The van der Waals surface area contributed by atoms with E-state index in [9.17, 15) is 4.79 Å². The van der Waals surface area contributed by atoms with Gasteiger partial charge in [0.1, 0.15) is 6.33 Å². The van der Waals surface area contributed by atoms with Crippen molar-refractivity contribution in [2.45, 2.75) is 6.92 Å². The van der Waals surface area contributed by atoms with E-state index in [-0.39, 0.29) is 5.91 Å². The van der Waals surface area contributed by atoms with Gasteiger partial charge in [0.25, 0.3) is 5.91 Å². The molecule has 0 unspecified atom stereocenters. The lowest BCUT2D eigenvalue weighted by molar-refractivity contribution is 0.0999. The van der Waals surface area contributed by atoms with Crippen LogP contribution in [0.3, 0.4) is 0 Å². The highest BCUT2D eigenvalue weighted by Crippen LogP contribution is 2.30. The van der Waals surface area contributed by atoms with Crippen LogP contribution < -0.4 is 4.90 Å². The van der Waals surface area contributed by atoms with Gasteiger partial charge < -0.3 is 0 Å². The molecule has 0 aliphatic rings. The smallest absolute Gasteiger partial charge is 0.264 e. The molecular formula is C18H14N6OS. The molecule has 4 aromatic rings. The van der Waals surface area contributed by atoms with Crippen molar-refractivity contribution < 1.29 is 4.79 Å². The summed E-state index contributed by atoms with van der Waals surface area (Å²) in [5.74, 6) is -0.166. The van der Waals surface area contributed by atoms with E-state index in [0.29, 0.717) is 16.4 Å². The van der Waals surface area contributed by atoms with Crippen LogP contribution in [-0.4, -0.2) is 31.1 Å². The first kappa shape index (κ1) is 16.1. The number of para-hydroxylation sites is 1. The highest BCUT2D eigenvalue weighted by molar-refractivity contribution is 7.14. The quantitative estimate of drug-likeness (QED) is 0.556. The number of anilines is 2. The van der Waals surface area contributed by atoms with Crippen LogP contribution in [0.1, 0.15) is 16.1 Å². The van der Waals surface area contributed by atoms with Crippen LogP contribution >= 0.6 is 11.3 Å². The average molecular weight is 362 g/mol. The molecule has 128 valence electrons. The molecule has 26 heavy (non-hydrogen) atoms. The van der Waals surface area contributed by atoms with Gasteiger partial charge in [0.15, 0.2) is 5.13 Å². The molecule has 4 rings (SSSR count). The van der Waals surface area contributed by atoms with E-state index in [0.717, 1.165) is 11.4 Å². The number of rotatable bonds is 4. The molecule has 0 spiro atoms. The molecule has 2 heterocycles. The summed E-state index contributed by atoms with van der Waals surface area (Å²) in [7, 11) is 0. The van der Waals surface area contributed by atoms with Crippen LogP contribution in [-0.2, 0) is 0 Å². The molecule has 0 aliphatic heterocycles. The van der Waals surface area contributed by atoms with Crippen molar-refractivity contribution >= 4 is 28.1 Å². The Morgan fingerprint density at radius 2 is 1.96 bits per heavy atom. The number of carbonyl (C=O) groups is 1. The highest BCUT2D eigenvalue weighted by atomic mass is 32.1. The highest BCUT2D eigenvalue weighted by Gasteiger charge is 2.22. The minimum absolute atomic E-state index is 0.166. The molecule has 0 fully saturated rings. The van der Waals surface area contributed by atoms with Gasteiger partial charge in [-0.25, -0.2) is 9.67 Å². The summed E-state index contributed by atoms with van der Waals surface area (Å²) in [5, 5.41) is 13.7. The normalized spacial score (nSPS) is 10.7. The Morgan fingerprint density at radius 3 is 2.65 bits per heavy atom. The first-order valence-electron chi connectivity index (χ1n) is 7.87. The van der Waals surface area contributed by atoms with Gasteiger partial charge in [0.05, 0.1) is 17.1 Å². The van der Waals surface area contributed by atoms with E-state index in [2.05, 4.69) is 20.5 Å². The van der Waals surface area contributed by atoms with Gasteiger partial charge in [0, 0.05) is 10.9 Å². The lowest BCUT2D eigenvalue weighted by atomic mass is 10.1. The Balaban J connectivity index is 1.77. The summed E-state index contributed by atoms with van der Waals surface area (Å²) < 4.78 is 1.51. The molecule has 0 N–H and O–H groups in total. The third-order valence-corrected chi connectivity index (χ3v) is 4.67. The number of hydrogen-bond acceptors (Lipinski definition) is 6. The zero-order chi connectivity index (χ0) is 17.9. The van der Waals surface area contributed by atoms with E-state index in [1.807, 2.05) is 48.7 Å². The predicted molar refractivity (Wildman–Crippen MR) is 98.9 cm³/mol. The van der Waals surface area contributed by atoms with Crippen molar-refractivity contribution in [3.8, 4) is 5.69 Å². The van der Waals surface area contributed by atoms with Crippen molar-refractivity contribution in [1.29, 1.82) is 0 Å². The molecular weight excluding hydrogens is 348 g/mol. The second-order valence-electron chi connectivity index (χ2n) is 5.55. The third-order valence-electron chi connectivity index (χ3n) is 3.72. The lowest BCUT2D eigenvalue weighted by Crippen LogP contribution is -2.26. The molecule has 8 heteroatoms. The molecule has 0 bridgehead atoms. The molecule has 0 aliphatic carbocycles. The summed E-state index contributed by atoms with van der Waals surface area (Å²) in [6, 6.07) is 16.7. The molecule has 0 saturated heterocycles. The Bertz CT molecular complexity index is 1030. The largest absolute Gasteiger partial charge is 0.268 e. The van der Waals surface area contributed by atoms with Crippen molar-refractivity contribution in [2.75, 3.05) is 4.90 Å². The molecule has 2 aromatic carbocycles. The number of thiazole rings is 1. The third kappa shape index (κ3) is 3.09. The Morgan fingerprint density at radius 1 is 1.12 bits per heavy atom. The maximum atomic E-state index is 13.3. The second-order valence-corrected chi connectivity index (χ2v) is 6.39. The standard InChI is InChI=1S/C18H14N6OS/c1-13-11-26-18(20-13)24(15-7-3-2-4-8-15)17(25)14-6-5-9-16(10-14)23-12-19-21-22-23/h2-12H,1H3. The zero-order valence-electron chi connectivity index (χ0n) is 13.9. The number of tetrazole rings is 1. The van der Waals surface area contributed by atoms with Gasteiger partial charge in [-0.3, -0.25) is 9.69 Å². The van der Waals surface area contributed by atoms with Crippen LogP contribution in [0.4, 0.5) is 10.8 Å². The van der Waals surface area contributed by atoms with Crippen LogP contribution in [0, 0.1) is 6.92 Å². The maximum absolute atomic E-state index is 13.3. The number of benzene rings is 2. The van der Waals surface area contributed by atoms with Crippen LogP contribution in [0.15, 0.2) is 66.3 Å². The van der Waals surface area contributed by atoms with Gasteiger partial charge in [-0.1, -0.05) is 24.3 Å². The first-order valence-corrected chi connectivity index (χ1v) is 8.75. The van der Waals surface area contributed by atoms with Crippen molar-refractivity contribution in [1.82, 2.24) is 25.2 Å². The summed E-state index contributed by atoms with van der Waals surface area (Å²) in [6.45, 7) is 1.91. The van der Waals surface area contributed by atoms with E-state index in [1.165, 1.54) is 22.3 Å². The molecule has 2 aromatic heterocycles. The number of aryl methyl sites for hydroxylation is 1. The fourth-order valence-electron chi connectivity index (χ4n) is 2.53. The molecule has 0 radical (unpaired) electrons. The fraction of sp³-hybridized carbons (Fsp3) is 0.0556. The van der Waals surface area contributed by atoms with Crippen LogP contribution in [0.2, 0.25) is 0 Å². The van der Waals surface area contributed by atoms with E-state index >= 15 is 0 Å².